The van der Waals surface area contributed by atoms with E-state index >= 15 is 0 Å². The Morgan fingerprint density at radius 2 is 2.10 bits per heavy atom. The molecule has 0 unspecified atom stereocenters. The zero-order valence-corrected chi connectivity index (χ0v) is 13.6. The van der Waals surface area contributed by atoms with E-state index in [1.807, 2.05) is 25.3 Å². The van der Waals surface area contributed by atoms with Crippen LogP contribution in [0.15, 0.2) is 12.3 Å². The first kappa shape index (κ1) is 17.6. The van der Waals surface area contributed by atoms with Gasteiger partial charge in [-0.15, -0.1) is 0 Å². The summed E-state index contributed by atoms with van der Waals surface area (Å²) in [6.45, 7) is 7.04. The van der Waals surface area contributed by atoms with E-state index in [2.05, 4.69) is 0 Å². The summed E-state index contributed by atoms with van der Waals surface area (Å²) in [6, 6.07) is 1.68. The smallest absolute Gasteiger partial charge is 0.303 e. The van der Waals surface area contributed by atoms with Crippen LogP contribution in [0.25, 0.3) is 0 Å². The number of hydrogen-bond acceptors (Lipinski definition) is 2. The number of amides is 1. The number of nitrogens with zero attached hydrogens (tertiary/aromatic N) is 2. The highest BCUT2D eigenvalue weighted by atomic mass is 35.5. The van der Waals surface area contributed by atoms with E-state index < -0.39 is 5.97 Å². The third-order valence-corrected chi connectivity index (χ3v) is 3.43. The summed E-state index contributed by atoms with van der Waals surface area (Å²) in [5.74, 6) is -0.945. The number of hydrogen-bond donors (Lipinski definition) is 1. The second kappa shape index (κ2) is 8.08. The highest BCUT2D eigenvalue weighted by molar-refractivity contribution is 6.31. The summed E-state index contributed by atoms with van der Waals surface area (Å²) in [7, 11) is 0. The molecule has 0 spiro atoms. The van der Waals surface area contributed by atoms with Gasteiger partial charge in [-0.25, -0.2) is 0 Å². The van der Waals surface area contributed by atoms with Crippen LogP contribution in [0.3, 0.4) is 0 Å². The highest BCUT2D eigenvalue weighted by Crippen LogP contribution is 2.18. The van der Waals surface area contributed by atoms with Crippen LogP contribution in [0.2, 0.25) is 5.02 Å². The molecule has 1 aromatic heterocycles. The van der Waals surface area contributed by atoms with E-state index in [0.717, 1.165) is 13.0 Å². The molecule has 6 heteroatoms. The Bertz CT molecular complexity index is 497. The van der Waals surface area contributed by atoms with E-state index in [0.29, 0.717) is 23.7 Å². The molecular formula is C15H23ClN2O3. The maximum atomic E-state index is 12.7. The fraction of sp³-hybridized carbons (Fsp3) is 0.600. The van der Waals surface area contributed by atoms with Crippen molar-refractivity contribution in [1.29, 1.82) is 0 Å². The Kier molecular flexibility index (Phi) is 6.75. The standard InChI is InChI=1S/C15H23ClN2O3/c1-4-7-17-10-12(16)9-13(17)15(21)18(11(2)3)8-5-6-14(19)20/h9-11H,4-8H2,1-3H3,(H,19,20). The number of rotatable bonds is 8. The Labute approximate surface area is 130 Å². The van der Waals surface area contributed by atoms with Gasteiger partial charge in [0.2, 0.25) is 0 Å². The largest absolute Gasteiger partial charge is 0.481 e. The molecule has 5 nitrogen and oxygen atoms in total. The van der Waals surface area contributed by atoms with Crippen molar-refractivity contribution in [3.05, 3.63) is 23.0 Å². The minimum Gasteiger partial charge on any atom is -0.481 e. The zero-order valence-electron chi connectivity index (χ0n) is 12.8. The minimum atomic E-state index is -0.844. The second-order valence-corrected chi connectivity index (χ2v) is 5.76. The lowest BCUT2D eigenvalue weighted by atomic mass is 10.2. The van der Waals surface area contributed by atoms with E-state index in [1.54, 1.807) is 17.2 Å². The number of carboxylic acids is 1. The van der Waals surface area contributed by atoms with Crippen LogP contribution in [0.5, 0.6) is 0 Å². The van der Waals surface area contributed by atoms with Gasteiger partial charge in [-0.05, 0) is 32.8 Å². The predicted molar refractivity (Wildman–Crippen MR) is 82.8 cm³/mol. The van der Waals surface area contributed by atoms with Crippen molar-refractivity contribution in [3.63, 3.8) is 0 Å². The van der Waals surface area contributed by atoms with Crippen LogP contribution in [-0.4, -0.2) is 39.0 Å². The number of aliphatic carboxylic acids is 1. The predicted octanol–water partition coefficient (Wildman–Crippen LogP) is 3.27. The summed E-state index contributed by atoms with van der Waals surface area (Å²) >= 11 is 6.01. The van der Waals surface area contributed by atoms with Gasteiger partial charge in [0.1, 0.15) is 5.69 Å². The van der Waals surface area contributed by atoms with E-state index in [4.69, 9.17) is 16.7 Å². The molecule has 0 bridgehead atoms. The third kappa shape index (κ3) is 5.08. The molecule has 0 saturated carbocycles. The van der Waals surface area contributed by atoms with E-state index in [-0.39, 0.29) is 18.4 Å². The van der Waals surface area contributed by atoms with Crippen LogP contribution in [0.4, 0.5) is 0 Å². The van der Waals surface area contributed by atoms with E-state index in [1.165, 1.54) is 0 Å². The van der Waals surface area contributed by atoms with Gasteiger partial charge in [0.05, 0.1) is 5.02 Å². The molecule has 118 valence electrons. The molecule has 0 aliphatic rings. The monoisotopic (exact) mass is 314 g/mol. The molecule has 21 heavy (non-hydrogen) atoms. The average Bonchev–Trinajstić information content (AvgIpc) is 2.74. The number of aryl methyl sites for hydroxylation is 1. The molecule has 1 rings (SSSR count). The molecule has 0 saturated heterocycles. The topological polar surface area (TPSA) is 62.5 Å². The number of carbonyl (C=O) groups is 2. The average molecular weight is 315 g/mol. The third-order valence-electron chi connectivity index (χ3n) is 3.22. The first-order valence-corrected chi connectivity index (χ1v) is 7.63. The van der Waals surface area contributed by atoms with Crippen LogP contribution in [0, 0.1) is 0 Å². The van der Waals surface area contributed by atoms with Crippen molar-refractivity contribution in [2.75, 3.05) is 6.54 Å². The van der Waals surface area contributed by atoms with Crippen LogP contribution >= 0.6 is 11.6 Å². The van der Waals surface area contributed by atoms with Gasteiger partial charge in [0.15, 0.2) is 0 Å². The lowest BCUT2D eigenvalue weighted by Gasteiger charge is -2.27. The lowest BCUT2D eigenvalue weighted by Crippen LogP contribution is -2.38. The SMILES string of the molecule is CCCn1cc(Cl)cc1C(=O)N(CCCC(=O)O)C(C)C. The maximum Gasteiger partial charge on any atom is 0.303 e. The minimum absolute atomic E-state index is 0.00930. The van der Waals surface area contributed by atoms with Gasteiger partial charge in [0.25, 0.3) is 5.91 Å². The fourth-order valence-electron chi connectivity index (χ4n) is 2.22. The van der Waals surface area contributed by atoms with Gasteiger partial charge in [-0.3, -0.25) is 9.59 Å². The summed E-state index contributed by atoms with van der Waals surface area (Å²) in [6.07, 6.45) is 3.18. The molecule has 1 N–H and O–H groups in total. The molecule has 1 aromatic rings. The summed E-state index contributed by atoms with van der Waals surface area (Å²) in [5, 5.41) is 9.26. The number of carboxylic acid groups (broad SMARTS) is 1. The van der Waals surface area contributed by atoms with Crippen molar-refractivity contribution in [3.8, 4) is 0 Å². The molecule has 0 aliphatic carbocycles. The number of carbonyl (C=O) groups excluding carboxylic acids is 1. The first-order valence-electron chi connectivity index (χ1n) is 7.25. The molecule has 1 heterocycles. The molecule has 0 aliphatic heterocycles. The van der Waals surface area contributed by atoms with Gasteiger partial charge in [-0.2, -0.15) is 0 Å². The summed E-state index contributed by atoms with van der Waals surface area (Å²) < 4.78 is 1.86. The second-order valence-electron chi connectivity index (χ2n) is 5.33. The van der Waals surface area contributed by atoms with Crippen molar-refractivity contribution in [2.24, 2.45) is 0 Å². The lowest BCUT2D eigenvalue weighted by molar-refractivity contribution is -0.137. The summed E-state index contributed by atoms with van der Waals surface area (Å²) in [4.78, 5) is 25.0. The van der Waals surface area contributed by atoms with Crippen LogP contribution in [-0.2, 0) is 11.3 Å². The van der Waals surface area contributed by atoms with Crippen LogP contribution < -0.4 is 0 Å². The Balaban J connectivity index is 2.87. The van der Waals surface area contributed by atoms with Gasteiger partial charge in [0, 0.05) is 31.7 Å². The highest BCUT2D eigenvalue weighted by Gasteiger charge is 2.22. The number of halogens is 1. The molecular weight excluding hydrogens is 292 g/mol. The summed E-state index contributed by atoms with van der Waals surface area (Å²) in [5.41, 5.74) is 0.561. The molecule has 1 amide bonds. The zero-order chi connectivity index (χ0) is 16.0. The van der Waals surface area contributed by atoms with Crippen molar-refractivity contribution in [2.45, 2.75) is 52.6 Å². The Hall–Kier alpha value is -1.49. The van der Waals surface area contributed by atoms with Crippen molar-refractivity contribution < 1.29 is 14.7 Å². The molecule has 0 fully saturated rings. The van der Waals surface area contributed by atoms with Crippen molar-refractivity contribution >= 4 is 23.5 Å². The van der Waals surface area contributed by atoms with Gasteiger partial charge >= 0.3 is 5.97 Å². The van der Waals surface area contributed by atoms with Gasteiger partial charge < -0.3 is 14.6 Å². The molecule has 0 radical (unpaired) electrons. The first-order chi connectivity index (χ1) is 9.86. The normalized spacial score (nSPS) is 10.9. The Morgan fingerprint density at radius 1 is 1.43 bits per heavy atom. The number of aromatic nitrogens is 1. The van der Waals surface area contributed by atoms with Crippen molar-refractivity contribution in [1.82, 2.24) is 9.47 Å². The van der Waals surface area contributed by atoms with Crippen LogP contribution in [0.1, 0.15) is 50.5 Å². The van der Waals surface area contributed by atoms with E-state index in [9.17, 15) is 9.59 Å². The maximum absolute atomic E-state index is 12.7. The quantitative estimate of drug-likeness (QED) is 0.801. The molecule has 0 aromatic carbocycles. The fourth-order valence-corrected chi connectivity index (χ4v) is 2.44. The molecule has 0 atom stereocenters. The Morgan fingerprint density at radius 3 is 2.62 bits per heavy atom. The van der Waals surface area contributed by atoms with Gasteiger partial charge in [-0.1, -0.05) is 18.5 Å².